The zero-order valence-electron chi connectivity index (χ0n) is 13.6. The fourth-order valence-corrected chi connectivity index (χ4v) is 2.60. The van der Waals surface area contributed by atoms with Gasteiger partial charge < -0.3 is 9.84 Å². The van der Waals surface area contributed by atoms with E-state index in [-0.39, 0.29) is 19.0 Å². The average molecular weight is 380 g/mol. The van der Waals surface area contributed by atoms with Gasteiger partial charge in [-0.25, -0.2) is 0 Å². The highest BCUT2D eigenvalue weighted by Gasteiger charge is 2.17. The summed E-state index contributed by atoms with van der Waals surface area (Å²) < 4.78 is 6.67. The van der Waals surface area contributed by atoms with Gasteiger partial charge in [0.1, 0.15) is 6.54 Å². The van der Waals surface area contributed by atoms with Gasteiger partial charge in [-0.15, -0.1) is 0 Å². The summed E-state index contributed by atoms with van der Waals surface area (Å²) in [5.74, 6) is -0.245. The van der Waals surface area contributed by atoms with E-state index < -0.39 is 5.91 Å². The number of amides is 1. The standard InChI is InChI=1S/C16H15Cl2N5O2/c1-9-14(18)10(2)23(21-9)8-13-20-16(25-22-13)15(24)19-7-11-5-3-4-6-12(11)17/h3-6H,7-8H2,1-2H3,(H,19,24). The maximum absolute atomic E-state index is 12.1. The van der Waals surface area contributed by atoms with Crippen molar-refractivity contribution in [1.82, 2.24) is 25.2 Å². The number of nitrogens with zero attached hydrogens (tertiary/aromatic N) is 4. The molecule has 0 aliphatic heterocycles. The van der Waals surface area contributed by atoms with Gasteiger partial charge in [-0.05, 0) is 25.5 Å². The first-order valence-corrected chi connectivity index (χ1v) is 8.25. The molecule has 0 spiro atoms. The fraction of sp³-hybridized carbons (Fsp3) is 0.250. The number of nitrogens with one attached hydrogen (secondary N) is 1. The van der Waals surface area contributed by atoms with E-state index in [0.29, 0.717) is 15.9 Å². The van der Waals surface area contributed by atoms with Crippen LogP contribution in [0, 0.1) is 13.8 Å². The van der Waals surface area contributed by atoms with E-state index in [1.54, 1.807) is 10.7 Å². The molecule has 0 atom stereocenters. The normalized spacial score (nSPS) is 10.9. The molecule has 2 heterocycles. The molecule has 7 nitrogen and oxygen atoms in total. The molecule has 9 heteroatoms. The van der Waals surface area contributed by atoms with Gasteiger partial charge in [0.25, 0.3) is 0 Å². The molecule has 1 amide bonds. The van der Waals surface area contributed by atoms with E-state index in [2.05, 4.69) is 20.6 Å². The van der Waals surface area contributed by atoms with Crippen molar-refractivity contribution in [2.75, 3.05) is 0 Å². The molecule has 3 aromatic rings. The number of aromatic nitrogens is 4. The van der Waals surface area contributed by atoms with Crippen molar-refractivity contribution in [2.24, 2.45) is 0 Å². The minimum atomic E-state index is -0.468. The van der Waals surface area contributed by atoms with Crippen LogP contribution in [0.2, 0.25) is 10.0 Å². The predicted octanol–water partition coefficient (Wildman–Crippen LogP) is 3.17. The van der Waals surface area contributed by atoms with Crippen LogP contribution in [0.25, 0.3) is 0 Å². The van der Waals surface area contributed by atoms with Crippen LogP contribution >= 0.6 is 23.2 Å². The first-order chi connectivity index (χ1) is 12.0. The Morgan fingerprint density at radius 2 is 2.04 bits per heavy atom. The number of carbonyl (C=O) groups excluding carboxylic acids is 1. The van der Waals surface area contributed by atoms with Crippen molar-refractivity contribution in [3.8, 4) is 0 Å². The van der Waals surface area contributed by atoms with Crippen LogP contribution in [-0.4, -0.2) is 25.8 Å². The third-order valence-electron chi connectivity index (χ3n) is 3.64. The SMILES string of the molecule is Cc1nn(Cc2noc(C(=O)NCc3ccccc3Cl)n2)c(C)c1Cl. The van der Waals surface area contributed by atoms with Gasteiger partial charge in [-0.1, -0.05) is 46.6 Å². The summed E-state index contributed by atoms with van der Waals surface area (Å²) >= 11 is 12.2. The highest BCUT2D eigenvalue weighted by atomic mass is 35.5. The molecule has 0 saturated heterocycles. The monoisotopic (exact) mass is 379 g/mol. The first kappa shape index (κ1) is 17.4. The Hall–Kier alpha value is -2.38. The summed E-state index contributed by atoms with van der Waals surface area (Å²) in [5, 5.41) is 12.0. The molecule has 130 valence electrons. The van der Waals surface area contributed by atoms with Gasteiger partial charge >= 0.3 is 11.8 Å². The molecule has 0 unspecified atom stereocenters. The van der Waals surface area contributed by atoms with Crippen molar-refractivity contribution in [1.29, 1.82) is 0 Å². The summed E-state index contributed by atoms with van der Waals surface area (Å²) in [7, 11) is 0. The lowest BCUT2D eigenvalue weighted by Crippen LogP contribution is -2.23. The lowest BCUT2D eigenvalue weighted by molar-refractivity contribution is 0.0907. The smallest absolute Gasteiger partial charge is 0.316 e. The Balaban J connectivity index is 1.65. The quantitative estimate of drug-likeness (QED) is 0.735. The topological polar surface area (TPSA) is 85.8 Å². The van der Waals surface area contributed by atoms with Gasteiger partial charge in [-0.3, -0.25) is 9.48 Å². The van der Waals surface area contributed by atoms with Crippen molar-refractivity contribution in [3.63, 3.8) is 0 Å². The van der Waals surface area contributed by atoms with Crippen molar-refractivity contribution >= 4 is 29.1 Å². The van der Waals surface area contributed by atoms with Crippen molar-refractivity contribution in [3.05, 3.63) is 63.0 Å². The molecule has 0 aliphatic carbocycles. The highest BCUT2D eigenvalue weighted by molar-refractivity contribution is 6.32. The second-order valence-electron chi connectivity index (χ2n) is 5.43. The van der Waals surface area contributed by atoms with E-state index in [1.807, 2.05) is 32.0 Å². The first-order valence-electron chi connectivity index (χ1n) is 7.49. The fourth-order valence-electron chi connectivity index (χ4n) is 2.27. The van der Waals surface area contributed by atoms with E-state index >= 15 is 0 Å². The Kier molecular flexibility index (Phi) is 5.06. The number of hydrogen-bond donors (Lipinski definition) is 1. The molecular formula is C16H15Cl2N5O2. The highest BCUT2D eigenvalue weighted by Crippen LogP contribution is 2.19. The molecule has 2 aromatic heterocycles. The van der Waals surface area contributed by atoms with Crippen molar-refractivity contribution in [2.45, 2.75) is 26.9 Å². The van der Waals surface area contributed by atoms with Crippen molar-refractivity contribution < 1.29 is 9.32 Å². The number of rotatable bonds is 5. The minimum Gasteiger partial charge on any atom is -0.344 e. The number of aryl methyl sites for hydroxylation is 1. The Labute approximate surface area is 153 Å². The lowest BCUT2D eigenvalue weighted by atomic mass is 10.2. The molecule has 0 radical (unpaired) electrons. The Morgan fingerprint density at radius 1 is 1.28 bits per heavy atom. The Morgan fingerprint density at radius 3 is 2.72 bits per heavy atom. The molecule has 1 aromatic carbocycles. The summed E-state index contributed by atoms with van der Waals surface area (Å²) in [6.07, 6.45) is 0. The lowest BCUT2D eigenvalue weighted by Gasteiger charge is -2.04. The van der Waals surface area contributed by atoms with Crippen LogP contribution in [0.1, 0.15) is 33.5 Å². The van der Waals surface area contributed by atoms with E-state index in [0.717, 1.165) is 17.0 Å². The Bertz CT molecular complexity index is 919. The van der Waals surface area contributed by atoms with Crippen LogP contribution in [0.5, 0.6) is 0 Å². The van der Waals surface area contributed by atoms with E-state index in [1.165, 1.54) is 0 Å². The largest absolute Gasteiger partial charge is 0.344 e. The molecule has 1 N–H and O–H groups in total. The van der Waals surface area contributed by atoms with Gasteiger partial charge in [0.15, 0.2) is 5.82 Å². The van der Waals surface area contributed by atoms with E-state index in [9.17, 15) is 4.79 Å². The van der Waals surface area contributed by atoms with Gasteiger partial charge in [0, 0.05) is 11.6 Å². The van der Waals surface area contributed by atoms with Crippen LogP contribution in [-0.2, 0) is 13.1 Å². The summed E-state index contributed by atoms with van der Waals surface area (Å²) in [6, 6.07) is 7.25. The van der Waals surface area contributed by atoms with Gasteiger partial charge in [0.2, 0.25) is 0 Å². The van der Waals surface area contributed by atoms with Crippen LogP contribution < -0.4 is 5.32 Å². The predicted molar refractivity (Wildman–Crippen MR) is 92.7 cm³/mol. The maximum atomic E-state index is 12.1. The summed E-state index contributed by atoms with van der Waals surface area (Å²) in [6.45, 7) is 4.19. The van der Waals surface area contributed by atoms with Gasteiger partial charge in [-0.2, -0.15) is 10.1 Å². The number of carbonyl (C=O) groups is 1. The molecule has 3 rings (SSSR count). The third-order valence-corrected chi connectivity index (χ3v) is 4.56. The number of benzene rings is 1. The van der Waals surface area contributed by atoms with Crippen LogP contribution in [0.4, 0.5) is 0 Å². The summed E-state index contributed by atoms with van der Waals surface area (Å²) in [5.41, 5.74) is 2.32. The second-order valence-corrected chi connectivity index (χ2v) is 6.22. The van der Waals surface area contributed by atoms with Gasteiger partial charge in [0.05, 0.1) is 16.4 Å². The number of halogens is 2. The molecule has 0 fully saturated rings. The molecule has 0 bridgehead atoms. The molecule has 0 aliphatic rings. The number of hydrogen-bond acceptors (Lipinski definition) is 5. The molecule has 25 heavy (non-hydrogen) atoms. The maximum Gasteiger partial charge on any atom is 0.316 e. The zero-order chi connectivity index (χ0) is 18.0. The van der Waals surface area contributed by atoms with Crippen LogP contribution in [0.3, 0.4) is 0 Å². The summed E-state index contributed by atoms with van der Waals surface area (Å²) in [4.78, 5) is 16.2. The van der Waals surface area contributed by atoms with Crippen LogP contribution in [0.15, 0.2) is 28.8 Å². The average Bonchev–Trinajstić information content (AvgIpc) is 3.15. The minimum absolute atomic E-state index is 0.116. The third kappa shape index (κ3) is 3.83. The molecule has 0 saturated carbocycles. The molecular weight excluding hydrogens is 365 g/mol. The zero-order valence-corrected chi connectivity index (χ0v) is 15.1. The van der Waals surface area contributed by atoms with E-state index in [4.69, 9.17) is 27.7 Å². The second kappa shape index (κ2) is 7.25.